The molecule has 1 atom stereocenters. The second kappa shape index (κ2) is 3.46. The number of hydrogen-bond donors (Lipinski definition) is 0. The molecule has 10 heavy (non-hydrogen) atoms. The van der Waals surface area contributed by atoms with Gasteiger partial charge in [0.2, 0.25) is 0 Å². The molecule has 0 saturated carbocycles. The molecule has 0 N–H and O–H groups in total. The van der Waals surface area contributed by atoms with E-state index in [4.69, 9.17) is 6.42 Å². The van der Waals surface area contributed by atoms with E-state index in [-0.39, 0.29) is 5.92 Å². The van der Waals surface area contributed by atoms with Crippen molar-refractivity contribution in [1.82, 2.24) is 0 Å². The molecule has 1 unspecified atom stereocenters. The summed E-state index contributed by atoms with van der Waals surface area (Å²) in [4.78, 5) is 0. The minimum atomic E-state index is 0.264. The smallest absolute Gasteiger partial charge is 0.0393 e. The topological polar surface area (TPSA) is 0 Å². The predicted octanol–water partition coefficient (Wildman–Crippen LogP) is 2.71. The van der Waals surface area contributed by atoms with Crippen LogP contribution in [0.5, 0.6) is 0 Å². The fourth-order valence-electron chi connectivity index (χ4n) is 1.35. The van der Waals surface area contributed by atoms with Gasteiger partial charge in [0.1, 0.15) is 0 Å². The fraction of sp³-hybridized carbons (Fsp3) is 0.600. The average Bonchev–Trinajstić information content (AvgIpc) is 2.05. The Morgan fingerprint density at radius 1 is 1.60 bits per heavy atom. The van der Waals surface area contributed by atoms with Crippen molar-refractivity contribution in [2.75, 3.05) is 0 Å². The van der Waals surface area contributed by atoms with Crippen molar-refractivity contribution >= 4 is 0 Å². The van der Waals surface area contributed by atoms with Crippen molar-refractivity contribution in [3.8, 4) is 5.92 Å². The first kappa shape index (κ1) is 7.41. The highest BCUT2D eigenvalue weighted by Gasteiger charge is 2.07. The van der Waals surface area contributed by atoms with Crippen LogP contribution in [-0.2, 0) is 0 Å². The van der Waals surface area contributed by atoms with E-state index in [1.54, 1.807) is 0 Å². The molecule has 0 heterocycles. The first-order valence-corrected chi connectivity index (χ1v) is 3.96. The summed E-state index contributed by atoms with van der Waals surface area (Å²) in [6.07, 6.45) is 14.3. The summed E-state index contributed by atoms with van der Waals surface area (Å²) in [5, 5.41) is 0. The maximum absolute atomic E-state index is 6.95. The van der Waals surface area contributed by atoms with E-state index in [1.807, 2.05) is 6.92 Å². The van der Waals surface area contributed by atoms with Gasteiger partial charge in [-0.2, -0.15) is 0 Å². The Hall–Kier alpha value is -0.700. The lowest BCUT2D eigenvalue weighted by molar-refractivity contribution is 0.654. The van der Waals surface area contributed by atoms with Crippen LogP contribution in [0.15, 0.2) is 11.6 Å². The van der Waals surface area contributed by atoms with E-state index >= 15 is 0 Å². The summed E-state index contributed by atoms with van der Waals surface area (Å²) < 4.78 is 0. The van der Waals surface area contributed by atoms with Crippen LogP contribution in [-0.4, -0.2) is 0 Å². The zero-order valence-electron chi connectivity index (χ0n) is 6.48. The van der Waals surface area contributed by atoms with Crippen LogP contribution >= 0.6 is 0 Å². The Kier molecular flexibility index (Phi) is 2.57. The molecule has 1 radical (unpaired) electrons. The second-order valence-electron chi connectivity index (χ2n) is 2.89. The minimum absolute atomic E-state index is 0.264. The van der Waals surface area contributed by atoms with E-state index in [9.17, 15) is 0 Å². The lowest BCUT2D eigenvalue weighted by atomic mass is 9.91. The van der Waals surface area contributed by atoms with E-state index in [0.29, 0.717) is 0 Å². The standard InChI is InChI=1S/C10H13/c1-3-9(2)10-7-5-4-6-8-10/h7,9H,4-6,8H2,2H3. The summed E-state index contributed by atoms with van der Waals surface area (Å²) in [6.45, 7) is 2.05. The molecule has 1 rings (SSSR count). The zero-order chi connectivity index (χ0) is 7.40. The average molecular weight is 133 g/mol. The molecule has 0 aromatic carbocycles. The molecule has 0 heteroatoms. The molecule has 0 aromatic heterocycles. The van der Waals surface area contributed by atoms with Crippen molar-refractivity contribution in [3.05, 3.63) is 18.1 Å². The zero-order valence-corrected chi connectivity index (χ0v) is 6.48. The predicted molar refractivity (Wildman–Crippen MR) is 42.8 cm³/mol. The molecule has 0 nitrogen and oxygen atoms in total. The van der Waals surface area contributed by atoms with E-state index in [0.717, 1.165) is 0 Å². The van der Waals surface area contributed by atoms with Gasteiger partial charge in [-0.25, -0.2) is 0 Å². The Labute approximate surface area is 63.3 Å². The molecule has 0 amide bonds. The Bertz CT molecular complexity index is 169. The van der Waals surface area contributed by atoms with Crippen LogP contribution in [0.2, 0.25) is 0 Å². The Balaban J connectivity index is 2.55. The fourth-order valence-corrected chi connectivity index (χ4v) is 1.35. The van der Waals surface area contributed by atoms with Gasteiger partial charge in [-0.1, -0.05) is 17.6 Å². The van der Waals surface area contributed by atoms with Gasteiger partial charge >= 0.3 is 0 Å². The molecule has 1 aliphatic carbocycles. The van der Waals surface area contributed by atoms with Crippen LogP contribution in [0.25, 0.3) is 0 Å². The number of hydrogen-bond acceptors (Lipinski definition) is 0. The highest BCUT2D eigenvalue weighted by Crippen LogP contribution is 2.23. The van der Waals surface area contributed by atoms with E-state index < -0.39 is 0 Å². The molecule has 0 aromatic rings. The van der Waals surface area contributed by atoms with E-state index in [1.165, 1.54) is 31.3 Å². The van der Waals surface area contributed by atoms with Gasteiger partial charge in [0.05, 0.1) is 0 Å². The van der Waals surface area contributed by atoms with Crippen molar-refractivity contribution in [2.45, 2.75) is 32.6 Å². The lowest BCUT2D eigenvalue weighted by Crippen LogP contribution is -1.99. The van der Waals surface area contributed by atoms with Crippen molar-refractivity contribution in [1.29, 1.82) is 0 Å². The van der Waals surface area contributed by atoms with Gasteiger partial charge in [0, 0.05) is 5.92 Å². The maximum Gasteiger partial charge on any atom is 0.0393 e. The molecule has 53 valence electrons. The Morgan fingerprint density at radius 3 is 2.90 bits per heavy atom. The van der Waals surface area contributed by atoms with Gasteiger partial charge < -0.3 is 0 Å². The third-order valence-corrected chi connectivity index (χ3v) is 2.10. The summed E-state index contributed by atoms with van der Waals surface area (Å²) in [5.41, 5.74) is 1.42. The normalized spacial score (nSPS) is 21.0. The van der Waals surface area contributed by atoms with Crippen LogP contribution in [0.1, 0.15) is 32.6 Å². The van der Waals surface area contributed by atoms with Gasteiger partial charge in [-0.3, -0.25) is 0 Å². The van der Waals surface area contributed by atoms with Gasteiger partial charge in [0.25, 0.3) is 0 Å². The van der Waals surface area contributed by atoms with Crippen molar-refractivity contribution in [3.63, 3.8) is 0 Å². The van der Waals surface area contributed by atoms with Crippen molar-refractivity contribution < 1.29 is 0 Å². The third-order valence-electron chi connectivity index (χ3n) is 2.10. The van der Waals surface area contributed by atoms with E-state index in [2.05, 4.69) is 12.0 Å². The summed E-state index contributed by atoms with van der Waals surface area (Å²) in [7, 11) is 0. The molecule has 0 fully saturated rings. The molecule has 0 aliphatic heterocycles. The largest absolute Gasteiger partial charge is 0.0841 e. The molecular formula is C10H13. The maximum atomic E-state index is 6.95. The summed E-state index contributed by atoms with van der Waals surface area (Å²) >= 11 is 0. The summed E-state index contributed by atoms with van der Waals surface area (Å²) in [5.74, 6) is 2.78. The first-order valence-electron chi connectivity index (χ1n) is 3.96. The number of allylic oxidation sites excluding steroid dienone is 2. The molecular weight excluding hydrogens is 120 g/mol. The highest BCUT2D eigenvalue weighted by molar-refractivity contribution is 5.15. The minimum Gasteiger partial charge on any atom is -0.0841 e. The van der Waals surface area contributed by atoms with Crippen LogP contribution < -0.4 is 0 Å². The Morgan fingerprint density at radius 2 is 2.40 bits per heavy atom. The molecule has 0 bridgehead atoms. The lowest BCUT2D eigenvalue weighted by Gasteiger charge is -2.14. The SMILES string of the molecule is [C]#CC(C)C1=CCCCC1. The summed E-state index contributed by atoms with van der Waals surface area (Å²) in [6, 6.07) is 0. The quantitative estimate of drug-likeness (QED) is 0.381. The second-order valence-corrected chi connectivity index (χ2v) is 2.89. The van der Waals surface area contributed by atoms with Crippen LogP contribution in [0, 0.1) is 18.3 Å². The number of rotatable bonds is 1. The van der Waals surface area contributed by atoms with Crippen LogP contribution in [0.3, 0.4) is 0 Å². The molecule has 1 aliphatic rings. The van der Waals surface area contributed by atoms with Gasteiger partial charge in [0.15, 0.2) is 0 Å². The van der Waals surface area contributed by atoms with Crippen molar-refractivity contribution in [2.24, 2.45) is 5.92 Å². The highest BCUT2D eigenvalue weighted by atomic mass is 14.1. The third kappa shape index (κ3) is 1.64. The molecule has 0 saturated heterocycles. The van der Waals surface area contributed by atoms with Gasteiger partial charge in [-0.15, -0.1) is 0 Å². The first-order chi connectivity index (χ1) is 4.84. The monoisotopic (exact) mass is 133 g/mol. The molecule has 0 spiro atoms. The van der Waals surface area contributed by atoms with Gasteiger partial charge in [-0.05, 0) is 39.0 Å². The van der Waals surface area contributed by atoms with Crippen LogP contribution in [0.4, 0.5) is 0 Å².